The number of nitrogens with one attached hydrogen (secondary N) is 1. The molecule has 0 aliphatic rings. The van der Waals surface area contributed by atoms with E-state index in [2.05, 4.69) is 48.3 Å². The third-order valence-electron chi connectivity index (χ3n) is 3.76. The molecule has 0 radical (unpaired) electrons. The zero-order valence-corrected chi connectivity index (χ0v) is 13.9. The van der Waals surface area contributed by atoms with Gasteiger partial charge in [0.05, 0.1) is 6.20 Å². The number of aryl methyl sites for hydroxylation is 1. The molecule has 3 heterocycles. The third-order valence-corrected chi connectivity index (χ3v) is 4.76. The summed E-state index contributed by atoms with van der Waals surface area (Å²) < 4.78 is 1.89. The second-order valence-electron chi connectivity index (χ2n) is 5.40. The van der Waals surface area contributed by atoms with Crippen molar-refractivity contribution in [2.24, 2.45) is 0 Å². The maximum absolute atomic E-state index is 4.48. The van der Waals surface area contributed by atoms with Gasteiger partial charge >= 0.3 is 0 Å². The molecule has 22 heavy (non-hydrogen) atoms. The Morgan fingerprint density at radius 3 is 2.77 bits per heavy atom. The molecule has 0 aliphatic heterocycles. The van der Waals surface area contributed by atoms with Crippen molar-refractivity contribution in [2.45, 2.75) is 33.4 Å². The van der Waals surface area contributed by atoms with E-state index in [1.54, 1.807) is 6.20 Å². The normalized spacial score (nSPS) is 12.5. The van der Waals surface area contributed by atoms with Gasteiger partial charge in [-0.25, -0.2) is 9.67 Å². The molecule has 5 heteroatoms. The van der Waals surface area contributed by atoms with Crippen LogP contribution in [0.25, 0.3) is 5.82 Å². The molecule has 0 aliphatic carbocycles. The molecule has 3 aromatic rings. The Hall–Kier alpha value is -1.98. The van der Waals surface area contributed by atoms with Gasteiger partial charge in [-0.15, -0.1) is 11.3 Å². The van der Waals surface area contributed by atoms with Crippen LogP contribution in [-0.4, -0.2) is 14.8 Å². The highest BCUT2D eigenvalue weighted by molar-refractivity contribution is 7.11. The second kappa shape index (κ2) is 6.42. The molecule has 114 valence electrons. The van der Waals surface area contributed by atoms with E-state index in [4.69, 9.17) is 0 Å². The fourth-order valence-corrected chi connectivity index (χ4v) is 3.34. The van der Waals surface area contributed by atoms with Gasteiger partial charge in [0.1, 0.15) is 0 Å². The van der Waals surface area contributed by atoms with E-state index < -0.39 is 0 Å². The maximum atomic E-state index is 4.48. The summed E-state index contributed by atoms with van der Waals surface area (Å²) in [6.07, 6.45) is 3.72. The van der Waals surface area contributed by atoms with Crippen molar-refractivity contribution >= 4 is 11.3 Å². The van der Waals surface area contributed by atoms with Crippen LogP contribution >= 0.6 is 11.3 Å². The molecule has 4 nitrogen and oxygen atoms in total. The van der Waals surface area contributed by atoms with E-state index in [0.717, 1.165) is 18.1 Å². The number of nitrogens with zero attached hydrogens (tertiary/aromatic N) is 3. The summed E-state index contributed by atoms with van der Waals surface area (Å²) in [6.45, 7) is 7.28. The average Bonchev–Trinajstić information content (AvgIpc) is 3.12. The molecule has 0 fully saturated rings. The predicted molar refractivity (Wildman–Crippen MR) is 90.4 cm³/mol. The molecule has 3 aromatic heterocycles. The maximum Gasteiger partial charge on any atom is 0.153 e. The smallest absolute Gasteiger partial charge is 0.153 e. The molecular weight excluding hydrogens is 292 g/mol. The number of thiophene rings is 1. The fourth-order valence-electron chi connectivity index (χ4n) is 2.50. The summed E-state index contributed by atoms with van der Waals surface area (Å²) in [5, 5.41) is 8.05. The molecule has 0 amide bonds. The van der Waals surface area contributed by atoms with E-state index in [1.807, 2.05) is 40.4 Å². The first-order valence-corrected chi connectivity index (χ1v) is 8.21. The van der Waals surface area contributed by atoms with Crippen molar-refractivity contribution < 1.29 is 0 Å². The van der Waals surface area contributed by atoms with Gasteiger partial charge in [-0.05, 0) is 45.0 Å². The molecule has 0 bridgehead atoms. The number of hydrogen-bond donors (Lipinski definition) is 1. The van der Waals surface area contributed by atoms with E-state index in [1.165, 1.54) is 15.3 Å². The van der Waals surface area contributed by atoms with Crippen LogP contribution in [0.5, 0.6) is 0 Å². The summed E-state index contributed by atoms with van der Waals surface area (Å²) in [6, 6.07) is 10.5. The van der Waals surface area contributed by atoms with Gasteiger partial charge in [0.25, 0.3) is 0 Å². The molecule has 0 spiro atoms. The quantitative estimate of drug-likeness (QED) is 0.779. The number of hydrogen-bond acceptors (Lipinski definition) is 4. The van der Waals surface area contributed by atoms with Gasteiger partial charge in [0, 0.05) is 39.8 Å². The SMILES string of the molecule is Cc1ccc(CN[C@@H](C)c2cnn(-c3ccccn3)c2C)s1. The minimum Gasteiger partial charge on any atom is -0.305 e. The van der Waals surface area contributed by atoms with Crippen molar-refractivity contribution in [1.82, 2.24) is 20.1 Å². The summed E-state index contributed by atoms with van der Waals surface area (Å²) in [7, 11) is 0. The molecule has 1 atom stereocenters. The molecular formula is C17H20N4S. The minimum atomic E-state index is 0.250. The van der Waals surface area contributed by atoms with Crippen LogP contribution in [0.4, 0.5) is 0 Å². The predicted octanol–water partition coefficient (Wildman–Crippen LogP) is 3.80. The van der Waals surface area contributed by atoms with Crippen LogP contribution in [0.3, 0.4) is 0 Å². The molecule has 0 unspecified atom stereocenters. The fraction of sp³-hybridized carbons (Fsp3) is 0.294. The first-order valence-electron chi connectivity index (χ1n) is 7.40. The Labute approximate surface area is 134 Å². The Morgan fingerprint density at radius 1 is 1.23 bits per heavy atom. The van der Waals surface area contributed by atoms with Gasteiger partial charge in [0.2, 0.25) is 0 Å². The number of pyridine rings is 1. The zero-order chi connectivity index (χ0) is 15.5. The highest BCUT2D eigenvalue weighted by Crippen LogP contribution is 2.21. The summed E-state index contributed by atoms with van der Waals surface area (Å²) in [5.74, 6) is 0.854. The van der Waals surface area contributed by atoms with Crippen LogP contribution < -0.4 is 5.32 Å². The second-order valence-corrected chi connectivity index (χ2v) is 6.77. The van der Waals surface area contributed by atoms with Crippen molar-refractivity contribution in [3.8, 4) is 5.82 Å². The Kier molecular flexibility index (Phi) is 4.36. The monoisotopic (exact) mass is 312 g/mol. The summed E-state index contributed by atoms with van der Waals surface area (Å²) in [5.41, 5.74) is 2.33. The molecule has 3 rings (SSSR count). The van der Waals surface area contributed by atoms with Crippen LogP contribution in [-0.2, 0) is 6.54 Å². The van der Waals surface area contributed by atoms with Crippen molar-refractivity contribution in [3.05, 3.63) is 63.7 Å². The van der Waals surface area contributed by atoms with Gasteiger partial charge in [-0.2, -0.15) is 5.10 Å². The van der Waals surface area contributed by atoms with E-state index in [-0.39, 0.29) is 6.04 Å². The minimum absolute atomic E-state index is 0.250. The molecule has 0 saturated carbocycles. The third kappa shape index (κ3) is 3.10. The van der Waals surface area contributed by atoms with Crippen molar-refractivity contribution in [3.63, 3.8) is 0 Å². The van der Waals surface area contributed by atoms with Crippen LogP contribution in [0, 0.1) is 13.8 Å². The van der Waals surface area contributed by atoms with Crippen molar-refractivity contribution in [1.29, 1.82) is 0 Å². The number of aromatic nitrogens is 3. The molecule has 0 aromatic carbocycles. The molecule has 0 saturated heterocycles. The lowest BCUT2D eigenvalue weighted by molar-refractivity contribution is 0.575. The first-order chi connectivity index (χ1) is 10.6. The Morgan fingerprint density at radius 2 is 2.09 bits per heavy atom. The van der Waals surface area contributed by atoms with Gasteiger partial charge in [-0.1, -0.05) is 6.07 Å². The number of rotatable bonds is 5. The zero-order valence-electron chi connectivity index (χ0n) is 13.1. The lowest BCUT2D eigenvalue weighted by Gasteiger charge is -2.13. The summed E-state index contributed by atoms with van der Waals surface area (Å²) >= 11 is 1.84. The highest BCUT2D eigenvalue weighted by Gasteiger charge is 2.14. The Balaban J connectivity index is 1.73. The van der Waals surface area contributed by atoms with Gasteiger partial charge in [0.15, 0.2) is 5.82 Å². The van der Waals surface area contributed by atoms with E-state index >= 15 is 0 Å². The van der Waals surface area contributed by atoms with Crippen LogP contribution in [0.1, 0.15) is 34.0 Å². The standard InChI is InChI=1S/C17H20N4S/c1-12-7-8-15(22-12)10-19-13(2)16-11-20-21(14(16)3)17-6-4-5-9-18-17/h4-9,11,13,19H,10H2,1-3H3/t13-/m0/s1. The lowest BCUT2D eigenvalue weighted by Crippen LogP contribution is -2.18. The topological polar surface area (TPSA) is 42.7 Å². The first kappa shape index (κ1) is 14.9. The molecule has 1 N–H and O–H groups in total. The summed E-state index contributed by atoms with van der Waals surface area (Å²) in [4.78, 5) is 7.07. The average molecular weight is 312 g/mol. The Bertz CT molecular complexity index is 745. The highest BCUT2D eigenvalue weighted by atomic mass is 32.1. The van der Waals surface area contributed by atoms with E-state index in [0.29, 0.717) is 0 Å². The van der Waals surface area contributed by atoms with Crippen LogP contribution in [0.15, 0.2) is 42.7 Å². The van der Waals surface area contributed by atoms with E-state index in [9.17, 15) is 0 Å². The largest absolute Gasteiger partial charge is 0.305 e. The van der Waals surface area contributed by atoms with Crippen molar-refractivity contribution in [2.75, 3.05) is 0 Å². The van der Waals surface area contributed by atoms with Gasteiger partial charge < -0.3 is 5.32 Å². The van der Waals surface area contributed by atoms with Crippen LogP contribution in [0.2, 0.25) is 0 Å². The lowest BCUT2D eigenvalue weighted by atomic mass is 10.1. The van der Waals surface area contributed by atoms with Gasteiger partial charge in [-0.3, -0.25) is 0 Å².